The van der Waals surface area contributed by atoms with Crippen LogP contribution in [-0.4, -0.2) is 41.7 Å². The lowest BCUT2D eigenvalue weighted by Gasteiger charge is -2.26. The molecule has 2 rings (SSSR count). The predicted molar refractivity (Wildman–Crippen MR) is 123 cm³/mol. The minimum atomic E-state index is -1.82. The van der Waals surface area contributed by atoms with Crippen molar-refractivity contribution in [1.29, 1.82) is 0 Å². The van der Waals surface area contributed by atoms with Gasteiger partial charge in [-0.15, -0.1) is 23.4 Å². The van der Waals surface area contributed by atoms with Crippen LogP contribution in [0.4, 0.5) is 0 Å². The number of aliphatic carboxylic acids is 2. The van der Waals surface area contributed by atoms with Crippen molar-refractivity contribution in [3.63, 3.8) is 0 Å². The van der Waals surface area contributed by atoms with Gasteiger partial charge in [0, 0.05) is 36.1 Å². The van der Waals surface area contributed by atoms with Crippen molar-refractivity contribution >= 4 is 46.9 Å². The van der Waals surface area contributed by atoms with Crippen LogP contribution in [-0.2, 0) is 16.1 Å². The summed E-state index contributed by atoms with van der Waals surface area (Å²) in [6, 6.07) is 0. The molecule has 0 saturated heterocycles. The zero-order valence-corrected chi connectivity index (χ0v) is 19.3. The molecule has 0 bridgehead atoms. The summed E-state index contributed by atoms with van der Waals surface area (Å²) in [5.41, 5.74) is 1.18. The van der Waals surface area contributed by atoms with Gasteiger partial charge in [0.2, 0.25) is 0 Å². The van der Waals surface area contributed by atoms with Crippen LogP contribution in [0.1, 0.15) is 45.4 Å². The molecule has 6 nitrogen and oxygen atoms in total. The van der Waals surface area contributed by atoms with Crippen molar-refractivity contribution in [3.8, 4) is 0 Å². The lowest BCUT2D eigenvalue weighted by molar-refractivity contribution is -0.159. The summed E-state index contributed by atoms with van der Waals surface area (Å²) in [5.74, 6) is -2.72. The normalized spacial score (nSPS) is 18.4. The SMILES string of the molecule is CCCCCC=CCSC1(Cl)C=CC(CCn2ccnc2)=C(Cl)C1.O=C(O)C(=O)O. The lowest BCUT2D eigenvalue weighted by atomic mass is 10.0. The average Bonchev–Trinajstić information content (AvgIpc) is 3.21. The molecule has 0 aliphatic heterocycles. The van der Waals surface area contributed by atoms with Gasteiger partial charge >= 0.3 is 11.9 Å². The Kier molecular flexibility index (Phi) is 12.6. The highest BCUT2D eigenvalue weighted by Crippen LogP contribution is 2.43. The average molecular weight is 475 g/mol. The van der Waals surface area contributed by atoms with Gasteiger partial charge in [-0.05, 0) is 24.8 Å². The summed E-state index contributed by atoms with van der Waals surface area (Å²) in [6.07, 6.45) is 20.9. The third-order valence-corrected chi connectivity index (χ3v) is 6.30. The molecule has 0 aromatic carbocycles. The van der Waals surface area contributed by atoms with E-state index in [0.29, 0.717) is 6.42 Å². The van der Waals surface area contributed by atoms with Gasteiger partial charge in [-0.2, -0.15) is 0 Å². The van der Waals surface area contributed by atoms with Crippen LogP contribution in [0.3, 0.4) is 0 Å². The lowest BCUT2D eigenvalue weighted by Crippen LogP contribution is -2.17. The monoisotopic (exact) mass is 474 g/mol. The first kappa shape index (κ1) is 26.3. The molecule has 1 aliphatic carbocycles. The number of thioether (sulfide) groups is 1. The molecule has 0 saturated carbocycles. The maximum absolute atomic E-state index is 9.10. The van der Waals surface area contributed by atoms with Gasteiger partial charge in [-0.3, -0.25) is 0 Å². The Morgan fingerprint density at radius 3 is 2.60 bits per heavy atom. The van der Waals surface area contributed by atoms with Gasteiger partial charge in [-0.1, -0.05) is 55.7 Å². The van der Waals surface area contributed by atoms with E-state index in [-0.39, 0.29) is 0 Å². The largest absolute Gasteiger partial charge is 0.473 e. The van der Waals surface area contributed by atoms with E-state index in [9.17, 15) is 0 Å². The third kappa shape index (κ3) is 10.9. The molecule has 0 spiro atoms. The minimum Gasteiger partial charge on any atom is -0.473 e. The van der Waals surface area contributed by atoms with Gasteiger partial charge in [0.15, 0.2) is 0 Å². The van der Waals surface area contributed by atoms with Crippen molar-refractivity contribution in [2.75, 3.05) is 5.75 Å². The molecule has 1 aliphatic rings. The fourth-order valence-electron chi connectivity index (χ4n) is 2.57. The van der Waals surface area contributed by atoms with Crippen LogP contribution < -0.4 is 0 Å². The molecule has 1 heterocycles. The quantitative estimate of drug-likeness (QED) is 0.196. The van der Waals surface area contributed by atoms with Crippen LogP contribution in [0.5, 0.6) is 0 Å². The smallest absolute Gasteiger partial charge is 0.414 e. The number of imidazole rings is 1. The van der Waals surface area contributed by atoms with E-state index in [1.807, 2.05) is 12.5 Å². The maximum atomic E-state index is 9.10. The fraction of sp³-hybridized carbons (Fsp3) is 0.476. The molecule has 1 aromatic heterocycles. The van der Waals surface area contributed by atoms with Crippen molar-refractivity contribution in [3.05, 3.63) is 53.6 Å². The number of aromatic nitrogens is 2. The number of carbonyl (C=O) groups is 2. The van der Waals surface area contributed by atoms with Crippen LogP contribution >= 0.6 is 35.0 Å². The van der Waals surface area contributed by atoms with E-state index in [1.165, 1.54) is 31.3 Å². The second kappa shape index (κ2) is 14.3. The van der Waals surface area contributed by atoms with Crippen molar-refractivity contribution in [2.24, 2.45) is 0 Å². The Labute approximate surface area is 191 Å². The molecule has 9 heteroatoms. The summed E-state index contributed by atoms with van der Waals surface area (Å²) in [7, 11) is 0. The number of hydrogen-bond donors (Lipinski definition) is 2. The number of allylic oxidation sites excluding steroid dienone is 4. The first-order chi connectivity index (χ1) is 14.3. The summed E-state index contributed by atoms with van der Waals surface area (Å²) in [4.78, 5) is 22.3. The van der Waals surface area contributed by atoms with E-state index in [0.717, 1.165) is 23.8 Å². The Hall–Kier alpha value is -1.70. The standard InChI is InChI=1S/C19H26Cl2N2S.C2H2O4/c1-2-3-4-5-6-7-14-24-19(21)10-8-17(18(20)15-19)9-12-23-13-11-22-16-23;3-1(4)2(5)6/h6-8,10-11,13,16H,2-5,9,12,14-15H2,1H3;(H,3,4)(H,5,6). The summed E-state index contributed by atoms with van der Waals surface area (Å²) < 4.78 is 1.65. The maximum Gasteiger partial charge on any atom is 0.414 e. The number of aryl methyl sites for hydroxylation is 1. The zero-order valence-electron chi connectivity index (χ0n) is 17.0. The molecule has 2 N–H and O–H groups in total. The highest BCUT2D eigenvalue weighted by molar-refractivity contribution is 8.02. The molecule has 0 radical (unpaired) electrons. The van der Waals surface area contributed by atoms with Crippen LogP contribution in [0.25, 0.3) is 0 Å². The van der Waals surface area contributed by atoms with Gasteiger partial charge in [-0.25, -0.2) is 14.6 Å². The van der Waals surface area contributed by atoms with E-state index in [4.69, 9.17) is 43.0 Å². The minimum absolute atomic E-state index is 0.413. The van der Waals surface area contributed by atoms with Crippen LogP contribution in [0.2, 0.25) is 0 Å². The van der Waals surface area contributed by atoms with Gasteiger partial charge in [0.25, 0.3) is 0 Å². The van der Waals surface area contributed by atoms with Crippen molar-refractivity contribution in [1.82, 2.24) is 9.55 Å². The molecule has 1 atom stereocenters. The summed E-state index contributed by atoms with van der Waals surface area (Å²) in [6.45, 7) is 3.12. The van der Waals surface area contributed by atoms with E-state index < -0.39 is 16.1 Å². The Morgan fingerprint density at radius 1 is 1.30 bits per heavy atom. The third-order valence-electron chi connectivity index (χ3n) is 4.22. The summed E-state index contributed by atoms with van der Waals surface area (Å²) >= 11 is 14.9. The number of rotatable bonds is 10. The number of halogens is 2. The first-order valence-electron chi connectivity index (χ1n) is 9.74. The molecular formula is C21H28Cl2N2O4S. The number of nitrogens with zero attached hydrogens (tertiary/aromatic N) is 2. The Bertz CT molecular complexity index is 751. The number of alkyl halides is 1. The van der Waals surface area contributed by atoms with E-state index in [2.05, 4.69) is 40.8 Å². The van der Waals surface area contributed by atoms with E-state index in [1.54, 1.807) is 18.0 Å². The second-order valence-corrected chi connectivity index (χ2v) is 9.37. The number of unbranched alkanes of at least 4 members (excludes halogenated alkanes) is 3. The second-order valence-electron chi connectivity index (χ2n) is 6.67. The highest BCUT2D eigenvalue weighted by Gasteiger charge is 2.29. The number of hydrogen-bond acceptors (Lipinski definition) is 4. The summed E-state index contributed by atoms with van der Waals surface area (Å²) in [5, 5.41) is 15.7. The van der Waals surface area contributed by atoms with Gasteiger partial charge in [0.05, 0.1) is 6.33 Å². The van der Waals surface area contributed by atoms with Gasteiger partial charge < -0.3 is 14.8 Å². The topological polar surface area (TPSA) is 92.4 Å². The van der Waals surface area contributed by atoms with Crippen LogP contribution in [0, 0.1) is 0 Å². The Balaban J connectivity index is 0.000000656. The number of carboxylic acids is 2. The van der Waals surface area contributed by atoms with Crippen molar-refractivity contribution in [2.45, 2.75) is 56.2 Å². The molecule has 0 amide bonds. The van der Waals surface area contributed by atoms with E-state index >= 15 is 0 Å². The molecule has 1 aromatic rings. The molecule has 0 fully saturated rings. The van der Waals surface area contributed by atoms with Crippen molar-refractivity contribution < 1.29 is 19.8 Å². The zero-order chi connectivity index (χ0) is 22.4. The highest BCUT2D eigenvalue weighted by atomic mass is 35.5. The molecule has 166 valence electrons. The van der Waals surface area contributed by atoms with Gasteiger partial charge in [0.1, 0.15) is 4.21 Å². The predicted octanol–water partition coefficient (Wildman–Crippen LogP) is 5.69. The number of carboxylic acid groups (broad SMARTS) is 2. The Morgan fingerprint density at radius 2 is 2.03 bits per heavy atom. The van der Waals surface area contributed by atoms with Crippen LogP contribution in [0.15, 0.2) is 53.6 Å². The molecule has 1 unspecified atom stereocenters. The first-order valence-corrected chi connectivity index (χ1v) is 11.5. The molecular weight excluding hydrogens is 447 g/mol. The fourth-order valence-corrected chi connectivity index (χ4v) is 4.39. The molecule has 30 heavy (non-hydrogen) atoms.